The summed E-state index contributed by atoms with van der Waals surface area (Å²) >= 11 is 5.94. The zero-order valence-electron chi connectivity index (χ0n) is 17.4. The predicted molar refractivity (Wildman–Crippen MR) is 119 cm³/mol. The molecule has 0 saturated carbocycles. The predicted octanol–water partition coefficient (Wildman–Crippen LogP) is 3.22. The van der Waals surface area contributed by atoms with Gasteiger partial charge < -0.3 is 15.1 Å². The Kier molecular flexibility index (Phi) is 8.11. The number of rotatable bonds is 7. The molecule has 0 aliphatic carbocycles. The Morgan fingerprint density at radius 3 is 2.30 bits per heavy atom. The van der Waals surface area contributed by atoms with Crippen LogP contribution in [0.4, 0.5) is 4.79 Å². The van der Waals surface area contributed by atoms with Gasteiger partial charge in [-0.15, -0.1) is 0 Å². The van der Waals surface area contributed by atoms with Gasteiger partial charge in [-0.1, -0.05) is 54.1 Å². The van der Waals surface area contributed by atoms with Crippen molar-refractivity contribution in [1.29, 1.82) is 0 Å². The molecule has 1 N–H and O–H groups in total. The molecule has 0 spiro atoms. The second-order valence-corrected chi connectivity index (χ2v) is 8.04. The number of amides is 3. The van der Waals surface area contributed by atoms with E-state index < -0.39 is 0 Å². The molecule has 1 aliphatic heterocycles. The average Bonchev–Trinajstić information content (AvgIpc) is 2.76. The van der Waals surface area contributed by atoms with Gasteiger partial charge in [0.2, 0.25) is 5.91 Å². The first-order valence-corrected chi connectivity index (χ1v) is 10.7. The summed E-state index contributed by atoms with van der Waals surface area (Å²) in [6.45, 7) is 4.88. The van der Waals surface area contributed by atoms with Crippen LogP contribution in [0.15, 0.2) is 54.6 Å². The Labute approximate surface area is 183 Å². The third-order valence-electron chi connectivity index (χ3n) is 5.27. The molecule has 2 aromatic rings. The smallest absolute Gasteiger partial charge is 0.317 e. The summed E-state index contributed by atoms with van der Waals surface area (Å²) in [6.07, 6.45) is 0.322. The third-order valence-corrected chi connectivity index (χ3v) is 5.52. The van der Waals surface area contributed by atoms with Gasteiger partial charge in [0.1, 0.15) is 0 Å². The molecule has 0 unspecified atom stereocenters. The second kappa shape index (κ2) is 11.0. The third kappa shape index (κ3) is 6.75. The minimum atomic E-state index is -0.167. The molecule has 3 rings (SSSR count). The van der Waals surface area contributed by atoms with E-state index in [-0.39, 0.29) is 11.9 Å². The molecule has 7 heteroatoms. The summed E-state index contributed by atoms with van der Waals surface area (Å²) in [4.78, 5) is 30.5. The van der Waals surface area contributed by atoms with Crippen molar-refractivity contribution in [3.05, 3.63) is 70.7 Å². The normalized spacial score (nSPS) is 14.4. The maximum atomic E-state index is 12.5. The van der Waals surface area contributed by atoms with E-state index in [9.17, 15) is 9.59 Å². The zero-order valence-corrected chi connectivity index (χ0v) is 18.1. The highest BCUT2D eigenvalue weighted by Gasteiger charge is 2.21. The topological polar surface area (TPSA) is 55.9 Å². The van der Waals surface area contributed by atoms with Crippen molar-refractivity contribution in [2.75, 3.05) is 39.8 Å². The number of nitrogens with one attached hydrogen (secondary N) is 1. The van der Waals surface area contributed by atoms with Gasteiger partial charge in [-0.25, -0.2) is 4.79 Å². The molecule has 1 fully saturated rings. The van der Waals surface area contributed by atoms with Crippen molar-refractivity contribution in [2.45, 2.75) is 19.5 Å². The van der Waals surface area contributed by atoms with Crippen LogP contribution in [0.1, 0.15) is 17.5 Å². The number of halogens is 1. The molecular weight excluding hydrogens is 400 g/mol. The first-order valence-electron chi connectivity index (χ1n) is 10.3. The minimum absolute atomic E-state index is 0.0900. The summed E-state index contributed by atoms with van der Waals surface area (Å²) in [7, 11) is 1.75. The first kappa shape index (κ1) is 22.1. The number of carbonyl (C=O) groups is 2. The van der Waals surface area contributed by atoms with E-state index in [0.29, 0.717) is 32.6 Å². The fourth-order valence-corrected chi connectivity index (χ4v) is 3.63. The molecule has 1 aliphatic rings. The number of piperazine rings is 1. The molecule has 160 valence electrons. The van der Waals surface area contributed by atoms with Gasteiger partial charge in [0.15, 0.2) is 0 Å². The van der Waals surface area contributed by atoms with Crippen molar-refractivity contribution < 1.29 is 9.59 Å². The van der Waals surface area contributed by atoms with Crippen LogP contribution in [0.3, 0.4) is 0 Å². The lowest BCUT2D eigenvalue weighted by molar-refractivity contribution is -0.132. The van der Waals surface area contributed by atoms with Crippen molar-refractivity contribution in [2.24, 2.45) is 0 Å². The molecule has 0 aromatic heterocycles. The van der Waals surface area contributed by atoms with Gasteiger partial charge in [0.05, 0.1) is 0 Å². The van der Waals surface area contributed by atoms with Crippen molar-refractivity contribution in [1.82, 2.24) is 20.0 Å². The van der Waals surface area contributed by atoms with Crippen LogP contribution in [0.2, 0.25) is 5.02 Å². The van der Waals surface area contributed by atoms with Crippen LogP contribution in [0.5, 0.6) is 0 Å². The zero-order chi connectivity index (χ0) is 21.3. The quantitative estimate of drug-likeness (QED) is 0.736. The van der Waals surface area contributed by atoms with Gasteiger partial charge in [-0.3, -0.25) is 9.69 Å². The molecule has 30 heavy (non-hydrogen) atoms. The summed E-state index contributed by atoms with van der Waals surface area (Å²) in [5, 5.41) is 3.58. The van der Waals surface area contributed by atoms with Crippen LogP contribution < -0.4 is 5.32 Å². The largest absolute Gasteiger partial charge is 0.340 e. The van der Waals surface area contributed by atoms with E-state index in [0.717, 1.165) is 30.2 Å². The highest BCUT2D eigenvalue weighted by Crippen LogP contribution is 2.13. The summed E-state index contributed by atoms with van der Waals surface area (Å²) in [5.74, 6) is 0.0900. The molecule has 0 bridgehead atoms. The fraction of sp³-hybridized carbons (Fsp3) is 0.391. The van der Waals surface area contributed by atoms with E-state index >= 15 is 0 Å². The SMILES string of the molecule is CN(Cc1ccccc1)C(=O)NCCC(=O)N1CCN(Cc2ccc(Cl)cc2)CC1. The maximum Gasteiger partial charge on any atom is 0.317 e. The number of nitrogens with zero attached hydrogens (tertiary/aromatic N) is 3. The number of carbonyl (C=O) groups excluding carboxylic acids is 2. The first-order chi connectivity index (χ1) is 14.5. The maximum absolute atomic E-state index is 12.5. The molecular formula is C23H29ClN4O2. The molecule has 0 atom stereocenters. The summed E-state index contributed by atoms with van der Waals surface area (Å²) in [6, 6.07) is 17.6. The Balaban J connectivity index is 1.33. The highest BCUT2D eigenvalue weighted by atomic mass is 35.5. The Hall–Kier alpha value is -2.57. The lowest BCUT2D eigenvalue weighted by atomic mass is 10.2. The lowest BCUT2D eigenvalue weighted by Crippen LogP contribution is -2.49. The van der Waals surface area contributed by atoms with Gasteiger partial charge in [-0.05, 0) is 23.3 Å². The second-order valence-electron chi connectivity index (χ2n) is 7.61. The van der Waals surface area contributed by atoms with Crippen LogP contribution >= 0.6 is 11.6 Å². The van der Waals surface area contributed by atoms with Crippen LogP contribution in [0, 0.1) is 0 Å². The van der Waals surface area contributed by atoms with Crippen LogP contribution in [-0.4, -0.2) is 66.4 Å². The van der Waals surface area contributed by atoms with Crippen molar-refractivity contribution in [3.63, 3.8) is 0 Å². The molecule has 6 nitrogen and oxygen atoms in total. The van der Waals surface area contributed by atoms with Crippen LogP contribution in [-0.2, 0) is 17.9 Å². The number of urea groups is 1. The summed E-state index contributed by atoms with van der Waals surface area (Å²) < 4.78 is 0. The van der Waals surface area contributed by atoms with E-state index in [1.807, 2.05) is 59.5 Å². The van der Waals surface area contributed by atoms with Gasteiger partial charge >= 0.3 is 6.03 Å². The summed E-state index contributed by atoms with van der Waals surface area (Å²) in [5.41, 5.74) is 2.30. The van der Waals surface area contributed by atoms with Crippen molar-refractivity contribution in [3.8, 4) is 0 Å². The van der Waals surface area contributed by atoms with E-state index in [1.54, 1.807) is 11.9 Å². The van der Waals surface area contributed by atoms with Crippen LogP contribution in [0.25, 0.3) is 0 Å². The molecule has 0 radical (unpaired) electrons. The number of hydrogen-bond acceptors (Lipinski definition) is 3. The molecule has 2 aromatic carbocycles. The molecule has 1 saturated heterocycles. The van der Waals surface area contributed by atoms with Crippen molar-refractivity contribution >= 4 is 23.5 Å². The fourth-order valence-electron chi connectivity index (χ4n) is 3.50. The lowest BCUT2D eigenvalue weighted by Gasteiger charge is -2.35. The number of benzene rings is 2. The molecule has 1 heterocycles. The number of hydrogen-bond donors (Lipinski definition) is 1. The van der Waals surface area contributed by atoms with Gasteiger partial charge in [-0.2, -0.15) is 0 Å². The van der Waals surface area contributed by atoms with Gasteiger partial charge in [0.25, 0.3) is 0 Å². The Bertz CT molecular complexity index is 821. The Morgan fingerprint density at radius 2 is 1.63 bits per heavy atom. The Morgan fingerprint density at radius 1 is 0.967 bits per heavy atom. The molecule has 3 amide bonds. The monoisotopic (exact) mass is 428 g/mol. The van der Waals surface area contributed by atoms with E-state index in [1.165, 1.54) is 5.56 Å². The van der Waals surface area contributed by atoms with Gasteiger partial charge in [0, 0.05) is 64.3 Å². The average molecular weight is 429 g/mol. The van der Waals surface area contributed by atoms with E-state index in [4.69, 9.17) is 11.6 Å². The van der Waals surface area contributed by atoms with E-state index in [2.05, 4.69) is 10.2 Å². The highest BCUT2D eigenvalue weighted by molar-refractivity contribution is 6.30. The standard InChI is InChI=1S/C23H29ClN4O2/c1-26(17-19-5-3-2-4-6-19)23(30)25-12-11-22(29)28-15-13-27(14-16-28)18-20-7-9-21(24)10-8-20/h2-10H,11-18H2,1H3,(H,25,30). The minimum Gasteiger partial charge on any atom is -0.340 e.